The molecule has 0 unspecified atom stereocenters. The van der Waals surface area contributed by atoms with Crippen molar-refractivity contribution >= 4 is 40.5 Å². The number of nitrogens with one attached hydrogen (secondary N) is 1. The molecule has 0 aromatic heterocycles. The summed E-state index contributed by atoms with van der Waals surface area (Å²) < 4.78 is 0. The quantitative estimate of drug-likeness (QED) is 0.824. The molecule has 0 aliphatic heterocycles. The largest absolute Gasteiger partial charge is 0.372 e. The number of benzene rings is 2. The van der Waals surface area contributed by atoms with Crippen molar-refractivity contribution in [3.63, 3.8) is 0 Å². The predicted molar refractivity (Wildman–Crippen MR) is 94.4 cm³/mol. The first-order valence-corrected chi connectivity index (χ1v) is 7.92. The fraction of sp³-hybridized carbons (Fsp3) is 0.235. The first kappa shape index (κ1) is 16.7. The van der Waals surface area contributed by atoms with Crippen LogP contribution in [0.15, 0.2) is 42.5 Å². The minimum absolute atomic E-state index is 0.199. The molecule has 116 valence electrons. The number of amides is 1. The molecule has 0 aliphatic carbocycles. The molecular weight excluding hydrogens is 319 g/mol. The van der Waals surface area contributed by atoms with Crippen LogP contribution in [0.25, 0.3) is 0 Å². The Morgan fingerprint density at radius 3 is 2.23 bits per heavy atom. The second-order valence-electron chi connectivity index (χ2n) is 4.80. The Hall–Kier alpha value is -1.71. The fourth-order valence-corrected chi connectivity index (χ4v) is 2.65. The summed E-state index contributed by atoms with van der Waals surface area (Å²) in [6.07, 6.45) is 0. The molecule has 2 rings (SSSR count). The molecule has 0 radical (unpaired) electrons. The Labute approximate surface area is 140 Å². The molecule has 0 saturated carbocycles. The molecule has 22 heavy (non-hydrogen) atoms. The van der Waals surface area contributed by atoms with Gasteiger partial charge in [0.05, 0.1) is 10.7 Å². The summed E-state index contributed by atoms with van der Waals surface area (Å²) in [5.41, 5.74) is 2.23. The van der Waals surface area contributed by atoms with Crippen molar-refractivity contribution in [2.24, 2.45) is 0 Å². The summed E-state index contributed by atoms with van der Waals surface area (Å²) >= 11 is 11.9. The molecular formula is C17H18Cl2N2O. The molecule has 5 heteroatoms. The van der Waals surface area contributed by atoms with Gasteiger partial charge in [-0.15, -0.1) is 0 Å². The van der Waals surface area contributed by atoms with Gasteiger partial charge in [-0.3, -0.25) is 4.79 Å². The van der Waals surface area contributed by atoms with Gasteiger partial charge in [-0.2, -0.15) is 0 Å². The lowest BCUT2D eigenvalue weighted by Gasteiger charge is -2.21. The van der Waals surface area contributed by atoms with Crippen LogP contribution >= 0.6 is 23.2 Å². The number of anilines is 2. The van der Waals surface area contributed by atoms with E-state index in [4.69, 9.17) is 23.2 Å². The zero-order valence-electron chi connectivity index (χ0n) is 12.6. The van der Waals surface area contributed by atoms with E-state index in [0.29, 0.717) is 21.3 Å². The normalized spacial score (nSPS) is 10.4. The van der Waals surface area contributed by atoms with Crippen LogP contribution in [0, 0.1) is 0 Å². The van der Waals surface area contributed by atoms with E-state index in [-0.39, 0.29) is 5.91 Å². The highest BCUT2D eigenvalue weighted by atomic mass is 35.5. The molecule has 0 fully saturated rings. The molecule has 1 N–H and O–H groups in total. The zero-order chi connectivity index (χ0) is 16.1. The van der Waals surface area contributed by atoms with Crippen molar-refractivity contribution in [2.45, 2.75) is 13.8 Å². The van der Waals surface area contributed by atoms with Crippen molar-refractivity contribution in [3.8, 4) is 0 Å². The fourth-order valence-electron chi connectivity index (χ4n) is 2.20. The Bertz CT molecular complexity index is 652. The lowest BCUT2D eigenvalue weighted by molar-refractivity contribution is 0.102. The van der Waals surface area contributed by atoms with Gasteiger partial charge >= 0.3 is 0 Å². The van der Waals surface area contributed by atoms with Crippen LogP contribution in [0.4, 0.5) is 11.4 Å². The number of nitrogens with zero attached hydrogens (tertiary/aromatic N) is 1. The van der Waals surface area contributed by atoms with E-state index >= 15 is 0 Å². The molecule has 2 aromatic carbocycles. The third-order valence-electron chi connectivity index (χ3n) is 3.44. The molecule has 3 nitrogen and oxygen atoms in total. The lowest BCUT2D eigenvalue weighted by atomic mass is 10.1. The predicted octanol–water partition coefficient (Wildman–Crippen LogP) is 5.09. The van der Waals surface area contributed by atoms with Crippen LogP contribution in [0.3, 0.4) is 0 Å². The van der Waals surface area contributed by atoms with Crippen LogP contribution < -0.4 is 10.2 Å². The second-order valence-corrected chi connectivity index (χ2v) is 5.64. The molecule has 2 aromatic rings. The molecule has 0 bridgehead atoms. The van der Waals surface area contributed by atoms with Crippen LogP contribution in [-0.4, -0.2) is 19.0 Å². The van der Waals surface area contributed by atoms with Gasteiger partial charge in [-0.1, -0.05) is 23.2 Å². The lowest BCUT2D eigenvalue weighted by Crippen LogP contribution is -2.21. The summed E-state index contributed by atoms with van der Waals surface area (Å²) in [6.45, 7) is 6.07. The smallest absolute Gasteiger partial charge is 0.255 e. The molecule has 0 atom stereocenters. The van der Waals surface area contributed by atoms with E-state index in [1.807, 2.05) is 24.3 Å². The molecule has 1 amide bonds. The topological polar surface area (TPSA) is 32.3 Å². The number of halogens is 2. The Balaban J connectivity index is 2.13. The standard InChI is InChI=1S/C17H18Cl2N2O/c1-3-21(4-2)14-8-5-12(6-9-14)17(22)20-16-10-7-13(18)11-15(16)19/h5-11H,3-4H2,1-2H3,(H,20,22). The molecule has 0 spiro atoms. The SMILES string of the molecule is CCN(CC)c1ccc(C(=O)Nc2ccc(Cl)cc2Cl)cc1. The van der Waals surface area contributed by atoms with Gasteiger partial charge in [0.1, 0.15) is 0 Å². The second kappa shape index (κ2) is 7.52. The molecule has 0 heterocycles. The van der Waals surface area contributed by atoms with Crippen molar-refractivity contribution in [2.75, 3.05) is 23.3 Å². The summed E-state index contributed by atoms with van der Waals surface area (Å²) in [4.78, 5) is 14.5. The van der Waals surface area contributed by atoms with E-state index in [0.717, 1.165) is 18.8 Å². The van der Waals surface area contributed by atoms with E-state index in [9.17, 15) is 4.79 Å². The van der Waals surface area contributed by atoms with E-state index < -0.39 is 0 Å². The van der Waals surface area contributed by atoms with Crippen molar-refractivity contribution < 1.29 is 4.79 Å². The van der Waals surface area contributed by atoms with Crippen LogP contribution in [0.2, 0.25) is 10.0 Å². The number of carbonyl (C=O) groups is 1. The maximum absolute atomic E-state index is 12.3. The Morgan fingerprint density at radius 2 is 1.68 bits per heavy atom. The third-order valence-corrected chi connectivity index (χ3v) is 3.99. The van der Waals surface area contributed by atoms with Gasteiger partial charge < -0.3 is 10.2 Å². The molecule has 0 aliphatic rings. The zero-order valence-corrected chi connectivity index (χ0v) is 14.1. The van der Waals surface area contributed by atoms with Gasteiger partial charge in [0.15, 0.2) is 0 Å². The highest BCUT2D eigenvalue weighted by Gasteiger charge is 2.10. The number of carbonyl (C=O) groups excluding carboxylic acids is 1. The monoisotopic (exact) mass is 336 g/mol. The van der Waals surface area contributed by atoms with Gasteiger partial charge in [0, 0.05) is 29.4 Å². The van der Waals surface area contributed by atoms with Crippen molar-refractivity contribution in [1.29, 1.82) is 0 Å². The number of hydrogen-bond acceptors (Lipinski definition) is 2. The highest BCUT2D eigenvalue weighted by molar-refractivity contribution is 6.36. The van der Waals surface area contributed by atoms with Crippen LogP contribution in [0.5, 0.6) is 0 Å². The Kier molecular flexibility index (Phi) is 5.69. The van der Waals surface area contributed by atoms with Gasteiger partial charge in [-0.05, 0) is 56.3 Å². The summed E-state index contributed by atoms with van der Waals surface area (Å²) in [7, 11) is 0. The van der Waals surface area contributed by atoms with Crippen molar-refractivity contribution in [1.82, 2.24) is 0 Å². The van der Waals surface area contributed by atoms with Crippen molar-refractivity contribution in [3.05, 3.63) is 58.1 Å². The maximum atomic E-state index is 12.3. The average molecular weight is 337 g/mol. The highest BCUT2D eigenvalue weighted by Crippen LogP contribution is 2.26. The number of rotatable bonds is 5. The average Bonchev–Trinajstić information content (AvgIpc) is 2.52. The first-order valence-electron chi connectivity index (χ1n) is 7.16. The molecule has 0 saturated heterocycles. The minimum Gasteiger partial charge on any atom is -0.372 e. The minimum atomic E-state index is -0.199. The Morgan fingerprint density at radius 1 is 1.05 bits per heavy atom. The third kappa shape index (κ3) is 3.93. The van der Waals surface area contributed by atoms with Crippen LogP contribution in [-0.2, 0) is 0 Å². The van der Waals surface area contributed by atoms with Crippen LogP contribution in [0.1, 0.15) is 24.2 Å². The van der Waals surface area contributed by atoms with E-state index in [1.54, 1.807) is 18.2 Å². The van der Waals surface area contributed by atoms with Gasteiger partial charge in [-0.25, -0.2) is 0 Å². The first-order chi connectivity index (χ1) is 10.5. The number of hydrogen-bond donors (Lipinski definition) is 1. The van der Waals surface area contributed by atoms with E-state index in [1.165, 1.54) is 0 Å². The van der Waals surface area contributed by atoms with Gasteiger partial charge in [0.25, 0.3) is 5.91 Å². The summed E-state index contributed by atoms with van der Waals surface area (Å²) in [6, 6.07) is 12.5. The maximum Gasteiger partial charge on any atom is 0.255 e. The van der Waals surface area contributed by atoms with Gasteiger partial charge in [0.2, 0.25) is 0 Å². The summed E-state index contributed by atoms with van der Waals surface area (Å²) in [5, 5.41) is 3.74. The van der Waals surface area contributed by atoms with E-state index in [2.05, 4.69) is 24.1 Å². The summed E-state index contributed by atoms with van der Waals surface area (Å²) in [5.74, 6) is -0.199.